The average molecular weight is 361 g/mol. The quantitative estimate of drug-likeness (QED) is 0.396. The van der Waals surface area contributed by atoms with Gasteiger partial charge in [0.15, 0.2) is 23.3 Å². The Bertz CT molecular complexity index is 1010. The summed E-state index contributed by atoms with van der Waals surface area (Å²) >= 11 is 5.78. The molecule has 3 aromatic rings. The summed E-state index contributed by atoms with van der Waals surface area (Å²) in [5.74, 6) is -10.4. The molecule has 124 valence electrons. The first kappa shape index (κ1) is 16.4. The lowest BCUT2D eigenvalue weighted by Crippen LogP contribution is -2.23. The molecule has 0 spiro atoms. The second-order valence-corrected chi connectivity index (χ2v) is 5.32. The third kappa shape index (κ3) is 2.52. The van der Waals surface area contributed by atoms with Crippen molar-refractivity contribution in [3.8, 4) is 0 Å². The van der Waals surface area contributed by atoms with Gasteiger partial charge in [-0.3, -0.25) is 9.36 Å². The van der Waals surface area contributed by atoms with E-state index in [0.717, 1.165) is 10.9 Å². The minimum absolute atomic E-state index is 0.0499. The Morgan fingerprint density at radius 3 is 2.17 bits per heavy atom. The van der Waals surface area contributed by atoms with Crippen molar-refractivity contribution in [2.45, 2.75) is 6.54 Å². The van der Waals surface area contributed by atoms with Crippen LogP contribution in [0.1, 0.15) is 5.56 Å². The van der Waals surface area contributed by atoms with Crippen LogP contribution in [0.2, 0.25) is 5.02 Å². The SMILES string of the molecule is O=c1c2cc(Cl)ccc2ncn1Cc1c(F)c(F)c(F)c(F)c1F. The van der Waals surface area contributed by atoms with E-state index >= 15 is 0 Å². The normalized spacial score (nSPS) is 11.2. The molecule has 3 rings (SSSR count). The summed E-state index contributed by atoms with van der Waals surface area (Å²) in [6.45, 7) is -0.875. The maximum absolute atomic E-state index is 13.7. The Balaban J connectivity index is 2.18. The Labute approximate surface area is 135 Å². The predicted octanol–water partition coefficient (Wildman–Crippen LogP) is 3.79. The van der Waals surface area contributed by atoms with Crippen molar-refractivity contribution >= 4 is 22.5 Å². The van der Waals surface area contributed by atoms with E-state index in [0.29, 0.717) is 0 Å². The number of aromatic nitrogens is 2. The minimum atomic E-state index is -2.26. The molecule has 0 radical (unpaired) electrons. The topological polar surface area (TPSA) is 34.9 Å². The molecule has 0 saturated carbocycles. The number of hydrogen-bond acceptors (Lipinski definition) is 2. The van der Waals surface area contributed by atoms with Gasteiger partial charge in [0.25, 0.3) is 5.56 Å². The van der Waals surface area contributed by atoms with Crippen molar-refractivity contribution in [1.82, 2.24) is 9.55 Å². The fraction of sp³-hybridized carbons (Fsp3) is 0.0667. The van der Waals surface area contributed by atoms with E-state index in [1.807, 2.05) is 0 Å². The van der Waals surface area contributed by atoms with Crippen LogP contribution in [0.25, 0.3) is 10.9 Å². The molecule has 2 aromatic carbocycles. The second kappa shape index (κ2) is 5.86. The first-order valence-corrected chi connectivity index (χ1v) is 6.84. The first-order chi connectivity index (χ1) is 11.3. The summed E-state index contributed by atoms with van der Waals surface area (Å²) in [5.41, 5.74) is -1.58. The van der Waals surface area contributed by atoms with Gasteiger partial charge in [-0.15, -0.1) is 0 Å². The van der Waals surface area contributed by atoms with Gasteiger partial charge in [0.1, 0.15) is 0 Å². The Morgan fingerprint density at radius 1 is 0.958 bits per heavy atom. The van der Waals surface area contributed by atoms with Crippen LogP contribution >= 0.6 is 11.6 Å². The van der Waals surface area contributed by atoms with Gasteiger partial charge >= 0.3 is 0 Å². The standard InChI is InChI=1S/C15H6ClF5N2O/c16-6-1-2-9-7(3-6)15(24)23(5-22-9)4-8-10(17)12(19)14(21)13(20)11(8)18/h1-3,5H,4H2. The van der Waals surface area contributed by atoms with Gasteiger partial charge in [-0.1, -0.05) is 11.6 Å². The molecule has 0 unspecified atom stereocenters. The van der Waals surface area contributed by atoms with Gasteiger partial charge in [-0.05, 0) is 18.2 Å². The molecule has 1 aromatic heterocycles. The lowest BCUT2D eigenvalue weighted by molar-refractivity contribution is 0.367. The van der Waals surface area contributed by atoms with Crippen molar-refractivity contribution in [1.29, 1.82) is 0 Å². The number of rotatable bonds is 2. The van der Waals surface area contributed by atoms with Crippen LogP contribution in [-0.4, -0.2) is 9.55 Å². The molecule has 0 aliphatic heterocycles. The fourth-order valence-corrected chi connectivity index (χ4v) is 2.38. The van der Waals surface area contributed by atoms with E-state index in [1.54, 1.807) is 0 Å². The van der Waals surface area contributed by atoms with Crippen LogP contribution in [0, 0.1) is 29.1 Å². The summed E-state index contributed by atoms with van der Waals surface area (Å²) in [5, 5.41) is 0.282. The largest absolute Gasteiger partial charge is 0.294 e. The van der Waals surface area contributed by atoms with E-state index in [2.05, 4.69) is 4.98 Å². The molecule has 0 N–H and O–H groups in total. The van der Waals surface area contributed by atoms with Crippen LogP contribution in [-0.2, 0) is 6.54 Å². The third-order valence-electron chi connectivity index (χ3n) is 3.42. The van der Waals surface area contributed by atoms with Crippen molar-refractivity contribution in [2.75, 3.05) is 0 Å². The molecule has 0 bridgehead atoms. The highest BCUT2D eigenvalue weighted by Gasteiger charge is 2.26. The van der Waals surface area contributed by atoms with Gasteiger partial charge < -0.3 is 0 Å². The lowest BCUT2D eigenvalue weighted by atomic mass is 10.1. The van der Waals surface area contributed by atoms with E-state index in [1.165, 1.54) is 18.2 Å². The van der Waals surface area contributed by atoms with Crippen LogP contribution < -0.4 is 5.56 Å². The molecule has 1 heterocycles. The predicted molar refractivity (Wildman–Crippen MR) is 76.3 cm³/mol. The first-order valence-electron chi connectivity index (χ1n) is 6.46. The molecule has 0 fully saturated rings. The lowest BCUT2D eigenvalue weighted by Gasteiger charge is -2.10. The minimum Gasteiger partial charge on any atom is -0.294 e. The number of benzene rings is 2. The molecule has 0 aliphatic rings. The Kier molecular flexibility index (Phi) is 4.00. The van der Waals surface area contributed by atoms with Crippen LogP contribution in [0.3, 0.4) is 0 Å². The maximum atomic E-state index is 13.7. The molecule has 3 nitrogen and oxygen atoms in total. The van der Waals surface area contributed by atoms with Crippen molar-refractivity contribution in [3.63, 3.8) is 0 Å². The van der Waals surface area contributed by atoms with Crippen LogP contribution in [0.15, 0.2) is 29.3 Å². The molecule has 0 aliphatic carbocycles. The smallest absolute Gasteiger partial charge is 0.261 e. The number of hydrogen-bond donors (Lipinski definition) is 0. The molecular formula is C15H6ClF5N2O. The Morgan fingerprint density at radius 2 is 1.54 bits per heavy atom. The summed E-state index contributed by atoms with van der Waals surface area (Å²) in [4.78, 5) is 16.2. The van der Waals surface area contributed by atoms with Crippen molar-refractivity contribution in [2.24, 2.45) is 0 Å². The molecule has 24 heavy (non-hydrogen) atoms. The molecule has 9 heteroatoms. The molecular weight excluding hydrogens is 355 g/mol. The second-order valence-electron chi connectivity index (χ2n) is 4.89. The summed E-state index contributed by atoms with van der Waals surface area (Å²) < 4.78 is 67.7. The zero-order valence-electron chi connectivity index (χ0n) is 11.6. The van der Waals surface area contributed by atoms with E-state index in [-0.39, 0.29) is 15.9 Å². The highest BCUT2D eigenvalue weighted by molar-refractivity contribution is 6.31. The summed E-state index contributed by atoms with van der Waals surface area (Å²) in [6.07, 6.45) is 0.955. The Hall–Kier alpha value is -2.48. The van der Waals surface area contributed by atoms with E-state index in [4.69, 9.17) is 11.6 Å². The van der Waals surface area contributed by atoms with Crippen molar-refractivity contribution in [3.05, 3.63) is 74.6 Å². The monoisotopic (exact) mass is 360 g/mol. The van der Waals surface area contributed by atoms with Crippen LogP contribution in [0.4, 0.5) is 22.0 Å². The van der Waals surface area contributed by atoms with Gasteiger partial charge in [-0.25, -0.2) is 26.9 Å². The molecule has 0 saturated heterocycles. The van der Waals surface area contributed by atoms with Crippen molar-refractivity contribution < 1.29 is 22.0 Å². The third-order valence-corrected chi connectivity index (χ3v) is 3.65. The number of fused-ring (bicyclic) bond motifs is 1. The van der Waals surface area contributed by atoms with E-state index in [9.17, 15) is 26.7 Å². The highest BCUT2D eigenvalue weighted by Crippen LogP contribution is 2.23. The molecule has 0 amide bonds. The summed E-state index contributed by atoms with van der Waals surface area (Å²) in [6, 6.07) is 4.24. The zero-order valence-corrected chi connectivity index (χ0v) is 12.3. The number of nitrogens with zero attached hydrogens (tertiary/aromatic N) is 2. The molecule has 0 atom stereocenters. The van der Waals surface area contributed by atoms with Gasteiger partial charge in [0.2, 0.25) is 5.82 Å². The highest BCUT2D eigenvalue weighted by atomic mass is 35.5. The maximum Gasteiger partial charge on any atom is 0.261 e. The summed E-state index contributed by atoms with van der Waals surface area (Å²) in [7, 11) is 0. The van der Waals surface area contributed by atoms with Gasteiger partial charge in [-0.2, -0.15) is 0 Å². The number of halogens is 6. The van der Waals surface area contributed by atoms with Gasteiger partial charge in [0, 0.05) is 10.6 Å². The van der Waals surface area contributed by atoms with E-state index < -0.39 is 46.8 Å². The van der Waals surface area contributed by atoms with Crippen LogP contribution in [0.5, 0.6) is 0 Å². The van der Waals surface area contributed by atoms with Gasteiger partial charge in [0.05, 0.1) is 23.8 Å². The fourth-order valence-electron chi connectivity index (χ4n) is 2.20. The average Bonchev–Trinajstić information content (AvgIpc) is 2.57. The zero-order chi connectivity index (χ0) is 17.6.